The summed E-state index contributed by atoms with van der Waals surface area (Å²) in [5.74, 6) is -1.00. The van der Waals surface area contributed by atoms with E-state index in [1.165, 1.54) is 6.07 Å². The Morgan fingerprint density at radius 3 is 2.31 bits per heavy atom. The van der Waals surface area contributed by atoms with Crippen LogP contribution in [0, 0.1) is 0 Å². The number of anilines is 1. The van der Waals surface area contributed by atoms with E-state index in [1.54, 1.807) is 6.07 Å². The Morgan fingerprint density at radius 1 is 1.00 bits per heavy atom. The number of aromatic carboxylic acids is 1. The van der Waals surface area contributed by atoms with Gasteiger partial charge in [0.25, 0.3) is 0 Å². The molecule has 0 spiro atoms. The van der Waals surface area contributed by atoms with E-state index in [4.69, 9.17) is 10.8 Å². The maximum absolute atomic E-state index is 10.9. The third-order valence-corrected chi connectivity index (χ3v) is 2.42. The molecule has 0 fully saturated rings. The first kappa shape index (κ1) is 10.2. The molecule has 0 atom stereocenters. The summed E-state index contributed by atoms with van der Waals surface area (Å²) in [5.41, 5.74) is 7.95. The Labute approximate surface area is 93.1 Å². The van der Waals surface area contributed by atoms with Crippen molar-refractivity contribution < 1.29 is 9.90 Å². The van der Waals surface area contributed by atoms with E-state index in [0.717, 1.165) is 11.1 Å². The molecular formula is C13H11NO2. The molecule has 0 saturated heterocycles. The Balaban J connectivity index is 2.59. The summed E-state index contributed by atoms with van der Waals surface area (Å²) >= 11 is 0. The van der Waals surface area contributed by atoms with Gasteiger partial charge in [-0.3, -0.25) is 0 Å². The SMILES string of the molecule is Nc1c(C(=O)O)cccc1-c1ccccc1. The van der Waals surface area contributed by atoms with Crippen LogP contribution < -0.4 is 5.73 Å². The van der Waals surface area contributed by atoms with Gasteiger partial charge in [0.1, 0.15) is 0 Å². The lowest BCUT2D eigenvalue weighted by molar-refractivity contribution is 0.0698. The number of carbonyl (C=O) groups is 1. The highest BCUT2D eigenvalue weighted by Gasteiger charge is 2.11. The van der Waals surface area contributed by atoms with Crippen molar-refractivity contribution in [2.75, 3.05) is 5.73 Å². The predicted octanol–water partition coefficient (Wildman–Crippen LogP) is 2.63. The predicted molar refractivity (Wildman–Crippen MR) is 63.2 cm³/mol. The molecule has 0 aliphatic rings. The number of para-hydroxylation sites is 1. The molecule has 0 bridgehead atoms. The van der Waals surface area contributed by atoms with Gasteiger partial charge in [-0.2, -0.15) is 0 Å². The van der Waals surface area contributed by atoms with Crippen molar-refractivity contribution in [2.24, 2.45) is 0 Å². The fraction of sp³-hybridized carbons (Fsp3) is 0. The van der Waals surface area contributed by atoms with Crippen LogP contribution in [-0.4, -0.2) is 11.1 Å². The van der Waals surface area contributed by atoms with Crippen molar-refractivity contribution in [2.45, 2.75) is 0 Å². The molecule has 0 aliphatic heterocycles. The van der Waals surface area contributed by atoms with E-state index in [1.807, 2.05) is 36.4 Å². The van der Waals surface area contributed by atoms with Gasteiger partial charge in [0, 0.05) is 5.56 Å². The minimum atomic E-state index is -1.00. The van der Waals surface area contributed by atoms with Crippen molar-refractivity contribution in [1.82, 2.24) is 0 Å². The number of carboxylic acids is 1. The van der Waals surface area contributed by atoms with Crippen LogP contribution in [0.2, 0.25) is 0 Å². The number of nitrogens with two attached hydrogens (primary N) is 1. The lowest BCUT2D eigenvalue weighted by Gasteiger charge is -2.08. The first-order valence-electron chi connectivity index (χ1n) is 4.87. The van der Waals surface area contributed by atoms with Crippen molar-refractivity contribution in [3.05, 3.63) is 54.1 Å². The van der Waals surface area contributed by atoms with Crippen LogP contribution >= 0.6 is 0 Å². The summed E-state index contributed by atoms with van der Waals surface area (Å²) in [6.45, 7) is 0. The summed E-state index contributed by atoms with van der Waals surface area (Å²) < 4.78 is 0. The normalized spacial score (nSPS) is 10.0. The van der Waals surface area contributed by atoms with E-state index < -0.39 is 5.97 Å². The standard InChI is InChI=1S/C13H11NO2/c14-12-10(9-5-2-1-3-6-9)7-4-8-11(12)13(15)16/h1-8H,14H2,(H,15,16). The molecule has 2 rings (SSSR count). The molecule has 2 aromatic rings. The molecule has 2 aromatic carbocycles. The van der Waals surface area contributed by atoms with Gasteiger partial charge in [-0.05, 0) is 11.6 Å². The summed E-state index contributed by atoms with van der Waals surface area (Å²) in [6.07, 6.45) is 0. The van der Waals surface area contributed by atoms with Crippen molar-refractivity contribution in [1.29, 1.82) is 0 Å². The van der Waals surface area contributed by atoms with E-state index in [2.05, 4.69) is 0 Å². The number of benzene rings is 2. The zero-order valence-electron chi connectivity index (χ0n) is 8.55. The lowest BCUT2D eigenvalue weighted by atomic mass is 10.0. The Hall–Kier alpha value is -2.29. The molecule has 0 aliphatic carbocycles. The fourth-order valence-corrected chi connectivity index (χ4v) is 1.62. The van der Waals surface area contributed by atoms with Crippen LogP contribution in [0.4, 0.5) is 5.69 Å². The van der Waals surface area contributed by atoms with Crippen LogP contribution in [-0.2, 0) is 0 Å². The van der Waals surface area contributed by atoms with Gasteiger partial charge in [0.05, 0.1) is 11.3 Å². The van der Waals surface area contributed by atoms with Gasteiger partial charge in [0.15, 0.2) is 0 Å². The molecule has 0 heterocycles. The monoisotopic (exact) mass is 213 g/mol. The van der Waals surface area contributed by atoms with Gasteiger partial charge in [0.2, 0.25) is 0 Å². The summed E-state index contributed by atoms with van der Waals surface area (Å²) in [5, 5.41) is 8.96. The molecule has 3 nitrogen and oxygen atoms in total. The van der Waals surface area contributed by atoms with Crippen LogP contribution in [0.5, 0.6) is 0 Å². The molecule has 0 amide bonds. The van der Waals surface area contributed by atoms with Gasteiger partial charge in [-0.15, -0.1) is 0 Å². The summed E-state index contributed by atoms with van der Waals surface area (Å²) in [7, 11) is 0. The molecule has 0 aromatic heterocycles. The molecule has 3 heteroatoms. The molecule has 80 valence electrons. The second-order valence-corrected chi connectivity index (χ2v) is 3.44. The average molecular weight is 213 g/mol. The molecule has 3 N–H and O–H groups in total. The molecule has 16 heavy (non-hydrogen) atoms. The first-order chi connectivity index (χ1) is 7.70. The van der Waals surface area contributed by atoms with Gasteiger partial charge >= 0.3 is 5.97 Å². The third kappa shape index (κ3) is 1.75. The molecule has 0 unspecified atom stereocenters. The number of hydrogen-bond donors (Lipinski definition) is 2. The van der Waals surface area contributed by atoms with Crippen LogP contribution in [0.25, 0.3) is 11.1 Å². The van der Waals surface area contributed by atoms with E-state index in [-0.39, 0.29) is 5.56 Å². The Bertz CT molecular complexity index is 521. The zero-order chi connectivity index (χ0) is 11.5. The maximum Gasteiger partial charge on any atom is 0.337 e. The van der Waals surface area contributed by atoms with E-state index in [0.29, 0.717) is 5.69 Å². The highest BCUT2D eigenvalue weighted by atomic mass is 16.4. The summed E-state index contributed by atoms with van der Waals surface area (Å²) in [4.78, 5) is 10.9. The number of nitrogen functional groups attached to an aromatic ring is 1. The molecule has 0 saturated carbocycles. The van der Waals surface area contributed by atoms with E-state index >= 15 is 0 Å². The minimum Gasteiger partial charge on any atom is -0.478 e. The number of hydrogen-bond acceptors (Lipinski definition) is 2. The van der Waals surface area contributed by atoms with Gasteiger partial charge in [-0.1, -0.05) is 42.5 Å². The second-order valence-electron chi connectivity index (χ2n) is 3.44. The average Bonchev–Trinajstić information content (AvgIpc) is 2.30. The van der Waals surface area contributed by atoms with Gasteiger partial charge in [-0.25, -0.2) is 4.79 Å². The van der Waals surface area contributed by atoms with Crippen molar-refractivity contribution >= 4 is 11.7 Å². The highest BCUT2D eigenvalue weighted by molar-refractivity contribution is 5.98. The number of carboxylic acid groups (broad SMARTS) is 1. The quantitative estimate of drug-likeness (QED) is 0.754. The number of rotatable bonds is 2. The smallest absolute Gasteiger partial charge is 0.337 e. The molecule has 0 radical (unpaired) electrons. The first-order valence-corrected chi connectivity index (χ1v) is 4.87. The minimum absolute atomic E-state index is 0.140. The van der Waals surface area contributed by atoms with Crippen molar-refractivity contribution in [3.8, 4) is 11.1 Å². The van der Waals surface area contributed by atoms with Crippen LogP contribution in [0.15, 0.2) is 48.5 Å². The van der Waals surface area contributed by atoms with Crippen LogP contribution in [0.1, 0.15) is 10.4 Å². The zero-order valence-corrected chi connectivity index (χ0v) is 8.55. The Kier molecular flexibility index (Phi) is 2.60. The fourth-order valence-electron chi connectivity index (χ4n) is 1.62. The third-order valence-electron chi connectivity index (χ3n) is 2.42. The largest absolute Gasteiger partial charge is 0.478 e. The summed E-state index contributed by atoms with van der Waals surface area (Å²) in [6, 6.07) is 14.5. The van der Waals surface area contributed by atoms with Crippen molar-refractivity contribution in [3.63, 3.8) is 0 Å². The maximum atomic E-state index is 10.9. The van der Waals surface area contributed by atoms with Crippen LogP contribution in [0.3, 0.4) is 0 Å². The van der Waals surface area contributed by atoms with E-state index in [9.17, 15) is 4.79 Å². The highest BCUT2D eigenvalue weighted by Crippen LogP contribution is 2.28. The lowest BCUT2D eigenvalue weighted by Crippen LogP contribution is -2.03. The molecular weight excluding hydrogens is 202 g/mol. The van der Waals surface area contributed by atoms with Gasteiger partial charge < -0.3 is 10.8 Å². The Morgan fingerprint density at radius 2 is 1.69 bits per heavy atom. The second kappa shape index (κ2) is 4.06. The topological polar surface area (TPSA) is 63.3 Å².